The van der Waals surface area contributed by atoms with Crippen LogP contribution in [0.25, 0.3) is 0 Å². The molecular formula is C11H18N2OS. The number of nitrogens with zero attached hydrogens (tertiary/aromatic N) is 1. The van der Waals surface area contributed by atoms with E-state index in [0.29, 0.717) is 6.10 Å². The molecule has 1 aliphatic heterocycles. The van der Waals surface area contributed by atoms with Gasteiger partial charge in [-0.1, -0.05) is 0 Å². The second-order valence-corrected chi connectivity index (χ2v) is 4.99. The van der Waals surface area contributed by atoms with E-state index in [1.807, 2.05) is 11.7 Å². The normalized spacial score (nSPS) is 23.1. The van der Waals surface area contributed by atoms with Gasteiger partial charge in [0.1, 0.15) is 0 Å². The Morgan fingerprint density at radius 1 is 1.67 bits per heavy atom. The Hall–Kier alpha value is -0.450. The van der Waals surface area contributed by atoms with Crippen LogP contribution in [0.15, 0.2) is 11.7 Å². The van der Waals surface area contributed by atoms with Gasteiger partial charge in [-0.25, -0.2) is 0 Å². The van der Waals surface area contributed by atoms with Crippen molar-refractivity contribution in [2.24, 2.45) is 5.73 Å². The van der Waals surface area contributed by atoms with Crippen molar-refractivity contribution in [3.63, 3.8) is 0 Å². The number of thiazole rings is 1. The van der Waals surface area contributed by atoms with Crippen molar-refractivity contribution in [1.82, 2.24) is 4.98 Å². The molecule has 0 aliphatic carbocycles. The van der Waals surface area contributed by atoms with E-state index in [-0.39, 0.29) is 6.04 Å². The molecule has 0 amide bonds. The topological polar surface area (TPSA) is 48.1 Å². The van der Waals surface area contributed by atoms with Crippen LogP contribution in [-0.4, -0.2) is 17.7 Å². The molecule has 0 bridgehead atoms. The van der Waals surface area contributed by atoms with Gasteiger partial charge >= 0.3 is 0 Å². The van der Waals surface area contributed by atoms with Crippen molar-refractivity contribution in [2.75, 3.05) is 6.61 Å². The first-order valence-electron chi connectivity index (χ1n) is 5.62. The highest BCUT2D eigenvalue weighted by Crippen LogP contribution is 2.23. The lowest BCUT2D eigenvalue weighted by Crippen LogP contribution is -2.11. The van der Waals surface area contributed by atoms with Crippen LogP contribution in [0.4, 0.5) is 0 Å². The number of rotatable bonds is 5. The molecule has 1 aliphatic rings. The molecule has 1 fully saturated rings. The Morgan fingerprint density at radius 2 is 2.60 bits per heavy atom. The van der Waals surface area contributed by atoms with E-state index in [0.717, 1.165) is 25.9 Å². The van der Waals surface area contributed by atoms with Crippen LogP contribution in [0.2, 0.25) is 0 Å². The summed E-state index contributed by atoms with van der Waals surface area (Å²) in [5.74, 6) is 0. The zero-order valence-corrected chi connectivity index (χ0v) is 9.71. The summed E-state index contributed by atoms with van der Waals surface area (Å²) in [5.41, 5.74) is 7.90. The maximum Gasteiger partial charge on any atom is 0.0794 e. The van der Waals surface area contributed by atoms with E-state index >= 15 is 0 Å². The predicted molar refractivity (Wildman–Crippen MR) is 61.9 cm³/mol. The van der Waals surface area contributed by atoms with Crippen LogP contribution >= 0.6 is 11.3 Å². The minimum Gasteiger partial charge on any atom is -0.378 e. The zero-order valence-electron chi connectivity index (χ0n) is 8.89. The SMILES string of the molecule is NC(CCCC1CCCO1)c1cncs1. The Balaban J connectivity index is 1.65. The second kappa shape index (κ2) is 5.58. The van der Waals surface area contributed by atoms with E-state index in [9.17, 15) is 0 Å². The van der Waals surface area contributed by atoms with Crippen molar-refractivity contribution in [3.8, 4) is 0 Å². The molecule has 0 saturated carbocycles. The molecule has 0 radical (unpaired) electrons. The largest absolute Gasteiger partial charge is 0.378 e. The first kappa shape index (κ1) is 11.0. The summed E-state index contributed by atoms with van der Waals surface area (Å²) >= 11 is 1.65. The molecule has 3 nitrogen and oxygen atoms in total. The minimum atomic E-state index is 0.166. The molecule has 2 N–H and O–H groups in total. The van der Waals surface area contributed by atoms with Crippen LogP contribution in [0.1, 0.15) is 43.0 Å². The number of hydrogen-bond donors (Lipinski definition) is 1. The Labute approximate surface area is 94.7 Å². The minimum absolute atomic E-state index is 0.166. The molecule has 2 atom stereocenters. The average molecular weight is 226 g/mol. The van der Waals surface area contributed by atoms with E-state index in [4.69, 9.17) is 10.5 Å². The van der Waals surface area contributed by atoms with E-state index in [1.54, 1.807) is 11.3 Å². The Bertz CT molecular complexity index is 270. The molecule has 1 aromatic heterocycles. The fraction of sp³-hybridized carbons (Fsp3) is 0.727. The fourth-order valence-corrected chi connectivity index (χ4v) is 2.65. The van der Waals surface area contributed by atoms with Crippen LogP contribution in [0.3, 0.4) is 0 Å². The van der Waals surface area contributed by atoms with Crippen LogP contribution in [0.5, 0.6) is 0 Å². The summed E-state index contributed by atoms with van der Waals surface area (Å²) in [6.07, 6.45) is 8.19. The predicted octanol–water partition coefficient (Wildman–Crippen LogP) is 2.49. The van der Waals surface area contributed by atoms with E-state index in [1.165, 1.54) is 17.7 Å². The molecule has 2 unspecified atom stereocenters. The van der Waals surface area contributed by atoms with Crippen LogP contribution in [0, 0.1) is 0 Å². The lowest BCUT2D eigenvalue weighted by molar-refractivity contribution is 0.101. The average Bonchev–Trinajstić information content (AvgIpc) is 2.90. The van der Waals surface area contributed by atoms with Crippen molar-refractivity contribution in [2.45, 2.75) is 44.2 Å². The van der Waals surface area contributed by atoms with Gasteiger partial charge < -0.3 is 10.5 Å². The highest BCUT2D eigenvalue weighted by atomic mass is 32.1. The molecule has 1 aromatic rings. The van der Waals surface area contributed by atoms with Crippen molar-refractivity contribution in [3.05, 3.63) is 16.6 Å². The summed E-state index contributed by atoms with van der Waals surface area (Å²) in [7, 11) is 0. The molecular weight excluding hydrogens is 208 g/mol. The van der Waals surface area contributed by atoms with Crippen molar-refractivity contribution < 1.29 is 4.74 Å². The van der Waals surface area contributed by atoms with Gasteiger partial charge in [-0.3, -0.25) is 4.98 Å². The standard InChI is InChI=1S/C11H18N2OS/c12-10(11-7-13-8-15-11)5-1-3-9-4-2-6-14-9/h7-10H,1-6,12H2. The molecule has 4 heteroatoms. The molecule has 2 heterocycles. The van der Waals surface area contributed by atoms with Gasteiger partial charge in [0.05, 0.1) is 11.6 Å². The summed E-state index contributed by atoms with van der Waals surface area (Å²) in [6.45, 7) is 0.950. The molecule has 0 spiro atoms. The number of aromatic nitrogens is 1. The lowest BCUT2D eigenvalue weighted by atomic mass is 10.1. The smallest absolute Gasteiger partial charge is 0.0794 e. The first-order valence-corrected chi connectivity index (χ1v) is 6.50. The Morgan fingerprint density at radius 3 is 3.27 bits per heavy atom. The van der Waals surface area contributed by atoms with Gasteiger partial charge in [-0.15, -0.1) is 11.3 Å². The monoisotopic (exact) mass is 226 g/mol. The highest BCUT2D eigenvalue weighted by Gasteiger charge is 2.15. The molecule has 84 valence electrons. The molecule has 0 aromatic carbocycles. The number of nitrogens with two attached hydrogens (primary N) is 1. The van der Waals surface area contributed by atoms with E-state index in [2.05, 4.69) is 4.98 Å². The van der Waals surface area contributed by atoms with Gasteiger partial charge in [0.15, 0.2) is 0 Å². The van der Waals surface area contributed by atoms with Gasteiger partial charge in [-0.2, -0.15) is 0 Å². The maximum atomic E-state index is 6.05. The highest BCUT2D eigenvalue weighted by molar-refractivity contribution is 7.09. The van der Waals surface area contributed by atoms with Gasteiger partial charge in [0, 0.05) is 23.7 Å². The Kier molecular flexibility index (Phi) is 4.11. The zero-order chi connectivity index (χ0) is 10.5. The van der Waals surface area contributed by atoms with Gasteiger partial charge in [0.2, 0.25) is 0 Å². The van der Waals surface area contributed by atoms with Crippen LogP contribution < -0.4 is 5.73 Å². The van der Waals surface area contributed by atoms with E-state index < -0.39 is 0 Å². The van der Waals surface area contributed by atoms with Crippen molar-refractivity contribution in [1.29, 1.82) is 0 Å². The maximum absolute atomic E-state index is 6.05. The summed E-state index contributed by atoms with van der Waals surface area (Å²) in [5, 5.41) is 0. The second-order valence-electron chi connectivity index (χ2n) is 4.08. The van der Waals surface area contributed by atoms with Gasteiger partial charge in [0.25, 0.3) is 0 Å². The summed E-state index contributed by atoms with van der Waals surface area (Å²) in [4.78, 5) is 5.24. The first-order chi connectivity index (χ1) is 7.36. The van der Waals surface area contributed by atoms with Gasteiger partial charge in [-0.05, 0) is 32.1 Å². The number of hydrogen-bond acceptors (Lipinski definition) is 4. The van der Waals surface area contributed by atoms with Crippen LogP contribution in [-0.2, 0) is 4.74 Å². The third-order valence-corrected chi connectivity index (χ3v) is 3.79. The quantitative estimate of drug-likeness (QED) is 0.839. The number of ether oxygens (including phenoxy) is 1. The van der Waals surface area contributed by atoms with Crippen molar-refractivity contribution >= 4 is 11.3 Å². The molecule has 15 heavy (non-hydrogen) atoms. The summed E-state index contributed by atoms with van der Waals surface area (Å²) in [6, 6.07) is 0.166. The summed E-state index contributed by atoms with van der Waals surface area (Å²) < 4.78 is 5.57. The molecule has 2 rings (SSSR count). The third kappa shape index (κ3) is 3.26. The third-order valence-electron chi connectivity index (χ3n) is 2.88. The lowest BCUT2D eigenvalue weighted by Gasteiger charge is -2.11. The fourth-order valence-electron chi connectivity index (χ4n) is 1.99. The molecule has 1 saturated heterocycles.